The van der Waals surface area contributed by atoms with Crippen LogP contribution >= 0.6 is 0 Å². The minimum atomic E-state index is -0.318. The Kier molecular flexibility index (Phi) is 3.73. The lowest BCUT2D eigenvalue weighted by Crippen LogP contribution is -2.25. The summed E-state index contributed by atoms with van der Waals surface area (Å²) in [6.45, 7) is 0. The molecule has 5 aromatic rings. The van der Waals surface area contributed by atoms with Crippen LogP contribution in [0.2, 0.25) is 0 Å². The second-order valence-electron chi connectivity index (χ2n) is 6.34. The van der Waals surface area contributed by atoms with Gasteiger partial charge in [0.15, 0.2) is 0 Å². The molecule has 0 radical (unpaired) electrons. The Hall–Kier alpha value is -4.27. The second kappa shape index (κ2) is 6.41. The Morgan fingerprint density at radius 2 is 1.62 bits per heavy atom. The summed E-state index contributed by atoms with van der Waals surface area (Å²) in [5.74, 6) is 0.699. The first kappa shape index (κ1) is 16.9. The fraction of sp³-hybridized carbons (Fsp3) is 0.0500. The van der Waals surface area contributed by atoms with E-state index in [9.17, 15) is 9.59 Å². The molecule has 0 spiro atoms. The number of rotatable bonds is 3. The Morgan fingerprint density at radius 3 is 2.34 bits per heavy atom. The van der Waals surface area contributed by atoms with E-state index in [-0.39, 0.29) is 11.1 Å². The van der Waals surface area contributed by atoms with Crippen molar-refractivity contribution in [3.8, 4) is 11.4 Å². The summed E-state index contributed by atoms with van der Waals surface area (Å²) in [6.07, 6.45) is 7.58. The molecule has 29 heavy (non-hydrogen) atoms. The third-order valence-electron chi connectivity index (χ3n) is 4.79. The summed E-state index contributed by atoms with van der Waals surface area (Å²) >= 11 is 0. The Labute approximate surface area is 163 Å². The Balaban J connectivity index is 1.78. The molecule has 0 bridgehead atoms. The highest BCUT2D eigenvalue weighted by Gasteiger charge is 2.13. The van der Waals surface area contributed by atoms with Crippen LogP contribution in [0, 0.1) is 0 Å². The first-order valence-electron chi connectivity index (χ1n) is 8.73. The molecular formula is C20H14N6O3. The van der Waals surface area contributed by atoms with E-state index in [0.717, 1.165) is 0 Å². The van der Waals surface area contributed by atoms with Crippen LogP contribution in [0.5, 0.6) is 5.75 Å². The fourth-order valence-electron chi connectivity index (χ4n) is 3.34. The van der Waals surface area contributed by atoms with Crippen molar-refractivity contribution in [3.63, 3.8) is 0 Å². The molecule has 142 valence electrons. The molecule has 0 atom stereocenters. The van der Waals surface area contributed by atoms with Crippen molar-refractivity contribution in [1.29, 1.82) is 0 Å². The number of aromatic nitrogens is 6. The van der Waals surface area contributed by atoms with E-state index >= 15 is 0 Å². The molecule has 0 saturated carbocycles. The van der Waals surface area contributed by atoms with E-state index in [0.29, 0.717) is 33.1 Å². The molecule has 0 N–H and O–H groups in total. The molecule has 0 unspecified atom stereocenters. The minimum Gasteiger partial charge on any atom is -0.497 e. The largest absolute Gasteiger partial charge is 0.497 e. The molecule has 4 heterocycles. The summed E-state index contributed by atoms with van der Waals surface area (Å²) in [7, 11) is 1.58. The zero-order valence-electron chi connectivity index (χ0n) is 15.3. The molecule has 1 aromatic carbocycles. The lowest BCUT2D eigenvalue weighted by Gasteiger charge is -2.11. The zero-order valence-corrected chi connectivity index (χ0v) is 15.3. The van der Waals surface area contributed by atoms with E-state index in [1.54, 1.807) is 55.9 Å². The van der Waals surface area contributed by atoms with Gasteiger partial charge in [0.1, 0.15) is 18.4 Å². The maximum atomic E-state index is 13.1. The minimum absolute atomic E-state index is 0.263. The van der Waals surface area contributed by atoms with Crippen LogP contribution < -0.4 is 15.9 Å². The number of benzene rings is 1. The second-order valence-corrected chi connectivity index (χ2v) is 6.34. The van der Waals surface area contributed by atoms with Gasteiger partial charge in [-0.1, -0.05) is 0 Å². The highest BCUT2D eigenvalue weighted by molar-refractivity contribution is 6.04. The lowest BCUT2D eigenvalue weighted by molar-refractivity contribution is 0.414. The zero-order chi connectivity index (χ0) is 20.0. The number of pyridine rings is 3. The maximum Gasteiger partial charge on any atom is 0.279 e. The topological polar surface area (TPSA) is 96.8 Å². The van der Waals surface area contributed by atoms with Crippen LogP contribution in [0.15, 0.2) is 77.2 Å². The predicted octanol–water partition coefficient (Wildman–Crippen LogP) is 1.61. The van der Waals surface area contributed by atoms with Crippen molar-refractivity contribution < 1.29 is 4.74 Å². The van der Waals surface area contributed by atoms with Crippen LogP contribution in [0.3, 0.4) is 0 Å². The van der Waals surface area contributed by atoms with Gasteiger partial charge in [-0.15, -0.1) is 10.2 Å². The molecule has 5 rings (SSSR count). The van der Waals surface area contributed by atoms with E-state index in [2.05, 4.69) is 15.2 Å². The van der Waals surface area contributed by atoms with E-state index in [1.807, 2.05) is 0 Å². The van der Waals surface area contributed by atoms with Crippen molar-refractivity contribution in [2.75, 3.05) is 7.11 Å². The molecule has 0 saturated heterocycles. The number of fused-ring (bicyclic) bond motifs is 3. The van der Waals surface area contributed by atoms with E-state index in [1.165, 1.54) is 32.8 Å². The van der Waals surface area contributed by atoms with E-state index < -0.39 is 0 Å². The Morgan fingerprint density at radius 1 is 0.862 bits per heavy atom. The Bertz CT molecular complexity index is 1470. The van der Waals surface area contributed by atoms with Gasteiger partial charge in [0.25, 0.3) is 11.1 Å². The smallest absolute Gasteiger partial charge is 0.279 e. The van der Waals surface area contributed by atoms with Gasteiger partial charge in [0.05, 0.1) is 23.4 Å². The van der Waals surface area contributed by atoms with Crippen molar-refractivity contribution >= 4 is 21.7 Å². The van der Waals surface area contributed by atoms with Gasteiger partial charge in [-0.25, -0.2) is 9.35 Å². The van der Waals surface area contributed by atoms with Crippen LogP contribution in [0.25, 0.3) is 27.4 Å². The first-order valence-corrected chi connectivity index (χ1v) is 8.73. The van der Waals surface area contributed by atoms with Crippen LogP contribution in [0.4, 0.5) is 0 Å². The monoisotopic (exact) mass is 386 g/mol. The predicted molar refractivity (Wildman–Crippen MR) is 106 cm³/mol. The molecule has 0 aliphatic carbocycles. The quantitative estimate of drug-likeness (QED) is 0.437. The van der Waals surface area contributed by atoms with Gasteiger partial charge in [-0.2, -0.15) is 0 Å². The number of methoxy groups -OCH3 is 1. The van der Waals surface area contributed by atoms with Crippen molar-refractivity contribution in [3.05, 3.63) is 88.4 Å². The van der Waals surface area contributed by atoms with E-state index in [4.69, 9.17) is 4.74 Å². The number of hydrogen-bond acceptors (Lipinski definition) is 6. The van der Waals surface area contributed by atoms with Crippen molar-refractivity contribution in [2.45, 2.75) is 0 Å². The first-order chi connectivity index (χ1) is 14.2. The third-order valence-corrected chi connectivity index (χ3v) is 4.79. The van der Waals surface area contributed by atoms with Gasteiger partial charge >= 0.3 is 0 Å². The molecule has 0 aliphatic rings. The van der Waals surface area contributed by atoms with Crippen molar-refractivity contribution in [2.24, 2.45) is 0 Å². The summed E-state index contributed by atoms with van der Waals surface area (Å²) in [5, 5.41) is 8.71. The third kappa shape index (κ3) is 2.59. The van der Waals surface area contributed by atoms with Gasteiger partial charge in [-0.05, 0) is 36.4 Å². The lowest BCUT2D eigenvalue weighted by atomic mass is 10.1. The highest BCUT2D eigenvalue weighted by atomic mass is 16.5. The molecule has 0 aliphatic heterocycles. The van der Waals surface area contributed by atoms with Gasteiger partial charge in [-0.3, -0.25) is 19.1 Å². The van der Waals surface area contributed by atoms with Gasteiger partial charge < -0.3 is 4.74 Å². The molecule has 9 nitrogen and oxygen atoms in total. The number of ether oxygens (including phenoxy) is 1. The normalized spacial score (nSPS) is 11.2. The standard InChI is InChI=1S/C20H14N6O3/c1-29-14-4-2-13(3-5-14)25-8-6-15-16(19(25)27)10-21-17-7-9-26(20(28)18(15)17)24-11-22-23-12-24/h2-12H,1H3. The average molecular weight is 386 g/mol. The molecular weight excluding hydrogens is 372 g/mol. The average Bonchev–Trinajstić information content (AvgIpc) is 3.29. The van der Waals surface area contributed by atoms with Crippen LogP contribution in [-0.2, 0) is 0 Å². The molecule has 0 amide bonds. The molecule has 9 heteroatoms. The number of nitrogens with zero attached hydrogens (tertiary/aromatic N) is 6. The summed E-state index contributed by atoms with van der Waals surface area (Å²) in [5.41, 5.74) is 0.615. The van der Waals surface area contributed by atoms with Gasteiger partial charge in [0, 0.05) is 29.7 Å². The summed E-state index contributed by atoms with van der Waals surface area (Å²) in [6, 6.07) is 10.6. The fourth-order valence-corrected chi connectivity index (χ4v) is 3.34. The molecule has 0 fully saturated rings. The highest BCUT2D eigenvalue weighted by Crippen LogP contribution is 2.20. The molecule has 4 aromatic heterocycles. The van der Waals surface area contributed by atoms with Crippen LogP contribution in [-0.4, -0.2) is 36.2 Å². The summed E-state index contributed by atoms with van der Waals surface area (Å²) in [4.78, 5) is 30.5. The SMILES string of the molecule is COc1ccc(-n2ccc3c(cnc4ccn(-n5cnnc5)c(=O)c43)c2=O)cc1. The maximum absolute atomic E-state index is 13.1. The number of hydrogen-bond donors (Lipinski definition) is 0. The summed E-state index contributed by atoms with van der Waals surface area (Å²) < 4.78 is 9.49. The van der Waals surface area contributed by atoms with Crippen molar-refractivity contribution in [1.82, 2.24) is 29.1 Å². The van der Waals surface area contributed by atoms with Crippen LogP contribution in [0.1, 0.15) is 0 Å². The van der Waals surface area contributed by atoms with Gasteiger partial charge in [0.2, 0.25) is 0 Å².